The van der Waals surface area contributed by atoms with Gasteiger partial charge in [0.2, 0.25) is 0 Å². The molecule has 0 aliphatic rings. The Hall–Kier alpha value is -3.34. The predicted molar refractivity (Wildman–Crippen MR) is 92.4 cm³/mol. The van der Waals surface area contributed by atoms with Gasteiger partial charge >= 0.3 is 0 Å². The normalized spacial score (nSPS) is 10.7. The molecule has 118 valence electrons. The number of hydrogen-bond donors (Lipinski definition) is 1. The molecule has 0 radical (unpaired) electrons. The molecule has 0 fully saturated rings. The molecule has 0 amide bonds. The number of para-hydroxylation sites is 1. The molecule has 4 rings (SSSR count). The summed E-state index contributed by atoms with van der Waals surface area (Å²) in [5.74, 6) is 2.92. The van der Waals surface area contributed by atoms with Crippen LogP contribution in [0.3, 0.4) is 0 Å². The number of aromatic nitrogens is 3. The molecule has 0 aliphatic heterocycles. The smallest absolute Gasteiger partial charge is 0.142 e. The third-order valence-corrected chi connectivity index (χ3v) is 3.69. The number of methoxy groups -OCH3 is 1. The van der Waals surface area contributed by atoms with Gasteiger partial charge in [-0.1, -0.05) is 18.2 Å². The van der Waals surface area contributed by atoms with Gasteiger partial charge in [-0.05, 0) is 30.3 Å². The summed E-state index contributed by atoms with van der Waals surface area (Å²) in [7, 11) is 1.63. The van der Waals surface area contributed by atoms with E-state index in [1.54, 1.807) is 19.5 Å². The minimum Gasteiger partial charge on any atom is -0.496 e. The van der Waals surface area contributed by atoms with Crippen LogP contribution in [-0.4, -0.2) is 22.1 Å². The second kappa shape index (κ2) is 6.04. The predicted octanol–water partition coefficient (Wildman–Crippen LogP) is 4.43. The van der Waals surface area contributed by atoms with Gasteiger partial charge in [0.1, 0.15) is 23.1 Å². The fraction of sp³-hybridized carbons (Fsp3) is 0.0526. The molecule has 4 aromatic rings. The average Bonchev–Trinajstić information content (AvgIpc) is 3.06. The van der Waals surface area contributed by atoms with E-state index in [-0.39, 0.29) is 0 Å². The number of aromatic amines is 1. The molecule has 5 heteroatoms. The monoisotopic (exact) mass is 317 g/mol. The lowest BCUT2D eigenvalue weighted by Gasteiger charge is -2.10. The van der Waals surface area contributed by atoms with Gasteiger partial charge in [-0.3, -0.25) is 4.98 Å². The van der Waals surface area contributed by atoms with E-state index in [9.17, 15) is 0 Å². The number of hydrogen-bond acceptors (Lipinski definition) is 4. The highest BCUT2D eigenvalue weighted by molar-refractivity contribution is 5.80. The maximum absolute atomic E-state index is 5.85. The lowest BCUT2D eigenvalue weighted by atomic mass is 10.2. The molecule has 2 aromatic heterocycles. The molecule has 0 saturated heterocycles. The van der Waals surface area contributed by atoms with E-state index in [1.807, 2.05) is 54.6 Å². The van der Waals surface area contributed by atoms with Crippen molar-refractivity contribution in [2.24, 2.45) is 0 Å². The van der Waals surface area contributed by atoms with Crippen LogP contribution in [0.2, 0.25) is 0 Å². The Balaban J connectivity index is 1.71. The van der Waals surface area contributed by atoms with Crippen molar-refractivity contribution in [3.63, 3.8) is 0 Å². The van der Waals surface area contributed by atoms with Crippen molar-refractivity contribution in [2.75, 3.05) is 7.11 Å². The summed E-state index contributed by atoms with van der Waals surface area (Å²) >= 11 is 0. The highest BCUT2D eigenvalue weighted by atomic mass is 16.5. The maximum Gasteiger partial charge on any atom is 0.142 e. The van der Waals surface area contributed by atoms with Crippen molar-refractivity contribution < 1.29 is 9.47 Å². The molecule has 0 bridgehead atoms. The van der Waals surface area contributed by atoms with Crippen molar-refractivity contribution in [2.45, 2.75) is 0 Å². The number of pyridine rings is 1. The molecule has 0 unspecified atom stereocenters. The highest BCUT2D eigenvalue weighted by Gasteiger charge is 2.12. The molecule has 0 aliphatic carbocycles. The number of imidazole rings is 1. The van der Waals surface area contributed by atoms with Crippen LogP contribution in [0.25, 0.3) is 22.4 Å². The standard InChI is InChI=1S/C19H15N3O2/c1-23-18-11-14(24-13-5-3-2-4-6-13)7-8-15(18)19-21-16-9-10-20-12-17(16)22-19/h2-12H,1H3,(H,21,22). The Bertz CT molecular complexity index is 947. The van der Waals surface area contributed by atoms with Gasteiger partial charge < -0.3 is 14.5 Å². The topological polar surface area (TPSA) is 60.0 Å². The molecule has 0 spiro atoms. The van der Waals surface area contributed by atoms with E-state index in [2.05, 4.69) is 15.0 Å². The molecule has 0 atom stereocenters. The van der Waals surface area contributed by atoms with Gasteiger partial charge in [0.15, 0.2) is 0 Å². The zero-order valence-corrected chi connectivity index (χ0v) is 13.1. The Morgan fingerprint density at radius 3 is 2.62 bits per heavy atom. The Labute approximate surface area is 138 Å². The molecular weight excluding hydrogens is 302 g/mol. The summed E-state index contributed by atoms with van der Waals surface area (Å²) in [6.45, 7) is 0. The zero-order valence-electron chi connectivity index (χ0n) is 13.1. The van der Waals surface area contributed by atoms with Crippen molar-refractivity contribution in [1.29, 1.82) is 0 Å². The van der Waals surface area contributed by atoms with Crippen LogP contribution in [0.15, 0.2) is 67.0 Å². The number of nitrogens with one attached hydrogen (secondary N) is 1. The number of ether oxygens (including phenoxy) is 2. The summed E-state index contributed by atoms with van der Waals surface area (Å²) in [6, 6.07) is 17.2. The first-order chi connectivity index (χ1) is 11.8. The summed E-state index contributed by atoms with van der Waals surface area (Å²) in [4.78, 5) is 12.0. The quantitative estimate of drug-likeness (QED) is 0.605. The minimum absolute atomic E-state index is 0.690. The highest BCUT2D eigenvalue weighted by Crippen LogP contribution is 2.34. The second-order valence-electron chi connectivity index (χ2n) is 5.26. The number of rotatable bonds is 4. The van der Waals surface area contributed by atoms with Crippen molar-refractivity contribution in [1.82, 2.24) is 15.0 Å². The number of nitrogens with zero attached hydrogens (tertiary/aromatic N) is 2. The van der Waals surface area contributed by atoms with Gasteiger partial charge in [-0.2, -0.15) is 0 Å². The van der Waals surface area contributed by atoms with Gasteiger partial charge in [0, 0.05) is 12.3 Å². The van der Waals surface area contributed by atoms with Gasteiger partial charge in [-0.15, -0.1) is 0 Å². The van der Waals surface area contributed by atoms with Gasteiger partial charge in [0.05, 0.1) is 29.9 Å². The Morgan fingerprint density at radius 1 is 0.958 bits per heavy atom. The molecule has 2 heterocycles. The van der Waals surface area contributed by atoms with E-state index >= 15 is 0 Å². The van der Waals surface area contributed by atoms with Crippen molar-refractivity contribution in [3.05, 3.63) is 67.0 Å². The van der Waals surface area contributed by atoms with Crippen molar-refractivity contribution >= 4 is 11.0 Å². The van der Waals surface area contributed by atoms with Gasteiger partial charge in [-0.25, -0.2) is 4.98 Å². The molecule has 5 nitrogen and oxygen atoms in total. The number of H-pyrrole nitrogens is 1. The summed E-state index contributed by atoms with van der Waals surface area (Å²) < 4.78 is 11.4. The van der Waals surface area contributed by atoms with E-state index in [1.165, 1.54) is 0 Å². The van der Waals surface area contributed by atoms with E-state index in [0.29, 0.717) is 11.5 Å². The fourth-order valence-corrected chi connectivity index (χ4v) is 2.54. The summed E-state index contributed by atoms with van der Waals surface area (Å²) in [6.07, 6.45) is 3.48. The third-order valence-electron chi connectivity index (χ3n) is 3.69. The largest absolute Gasteiger partial charge is 0.496 e. The molecule has 1 N–H and O–H groups in total. The van der Waals surface area contributed by atoms with Crippen LogP contribution < -0.4 is 9.47 Å². The summed E-state index contributed by atoms with van der Waals surface area (Å²) in [5, 5.41) is 0. The third kappa shape index (κ3) is 2.67. The van der Waals surface area contributed by atoms with Crippen LogP contribution >= 0.6 is 0 Å². The molecule has 24 heavy (non-hydrogen) atoms. The first-order valence-electron chi connectivity index (χ1n) is 7.54. The van der Waals surface area contributed by atoms with Crippen LogP contribution in [0, 0.1) is 0 Å². The van der Waals surface area contributed by atoms with E-state index in [0.717, 1.165) is 28.2 Å². The zero-order chi connectivity index (χ0) is 16.4. The maximum atomic E-state index is 5.85. The summed E-state index contributed by atoms with van der Waals surface area (Å²) in [5.41, 5.74) is 2.62. The molecule has 0 saturated carbocycles. The number of fused-ring (bicyclic) bond motifs is 1. The van der Waals surface area contributed by atoms with E-state index < -0.39 is 0 Å². The Morgan fingerprint density at radius 2 is 1.83 bits per heavy atom. The number of benzene rings is 2. The SMILES string of the molecule is COc1cc(Oc2ccccc2)ccc1-c1nc2ccncc2[nH]1. The lowest BCUT2D eigenvalue weighted by molar-refractivity contribution is 0.410. The van der Waals surface area contributed by atoms with E-state index in [4.69, 9.17) is 9.47 Å². The Kier molecular flexibility index (Phi) is 3.59. The fourth-order valence-electron chi connectivity index (χ4n) is 2.54. The van der Waals surface area contributed by atoms with Crippen LogP contribution in [0.4, 0.5) is 0 Å². The van der Waals surface area contributed by atoms with Crippen LogP contribution in [0.1, 0.15) is 0 Å². The lowest BCUT2D eigenvalue weighted by Crippen LogP contribution is -1.91. The van der Waals surface area contributed by atoms with Crippen LogP contribution in [-0.2, 0) is 0 Å². The van der Waals surface area contributed by atoms with Gasteiger partial charge in [0.25, 0.3) is 0 Å². The minimum atomic E-state index is 0.690. The van der Waals surface area contributed by atoms with Crippen LogP contribution in [0.5, 0.6) is 17.2 Å². The molecule has 2 aromatic carbocycles. The van der Waals surface area contributed by atoms with Crippen molar-refractivity contribution in [3.8, 4) is 28.6 Å². The first kappa shape index (κ1) is 14.3. The molecular formula is C19H15N3O2. The average molecular weight is 317 g/mol. The second-order valence-corrected chi connectivity index (χ2v) is 5.26. The first-order valence-corrected chi connectivity index (χ1v) is 7.54.